The fraction of sp³-hybridized carbons (Fsp3) is 0.200. The molecule has 4 rings (SSSR count). The number of esters is 1. The summed E-state index contributed by atoms with van der Waals surface area (Å²) in [7, 11) is 1.54. The van der Waals surface area contributed by atoms with Crippen LogP contribution in [0.1, 0.15) is 18.5 Å². The second-order valence-electron chi connectivity index (χ2n) is 7.44. The molecule has 0 aliphatic rings. The van der Waals surface area contributed by atoms with E-state index >= 15 is 0 Å². The van der Waals surface area contributed by atoms with E-state index in [1.807, 2.05) is 36.4 Å². The number of hydrogen-bond acceptors (Lipinski definition) is 8. The number of hydrogen-bond donors (Lipinski definition) is 2. The Morgan fingerprint density at radius 3 is 2.55 bits per heavy atom. The third-order valence-electron chi connectivity index (χ3n) is 5.20. The molecule has 4 aromatic rings. The van der Waals surface area contributed by atoms with Gasteiger partial charge in [-0.2, -0.15) is 12.6 Å². The zero-order chi connectivity index (χ0) is 23.2. The summed E-state index contributed by atoms with van der Waals surface area (Å²) in [4.78, 5) is 24.9. The normalized spacial score (nSPS) is 10.8. The van der Waals surface area contributed by atoms with Gasteiger partial charge in [-0.05, 0) is 53.6 Å². The highest BCUT2D eigenvalue weighted by molar-refractivity contribution is 7.80. The van der Waals surface area contributed by atoms with E-state index in [9.17, 15) is 4.79 Å². The van der Waals surface area contributed by atoms with Crippen LogP contribution < -0.4 is 10.5 Å². The zero-order valence-corrected chi connectivity index (χ0v) is 19.1. The highest BCUT2D eigenvalue weighted by atomic mass is 32.1. The van der Waals surface area contributed by atoms with Crippen molar-refractivity contribution in [3.8, 4) is 28.1 Å². The number of benzene rings is 1. The lowest BCUT2D eigenvalue weighted by molar-refractivity contribution is -0.145. The van der Waals surface area contributed by atoms with Crippen LogP contribution in [0.25, 0.3) is 33.2 Å². The van der Waals surface area contributed by atoms with Crippen LogP contribution >= 0.6 is 12.6 Å². The molecule has 0 saturated heterocycles. The molecule has 0 spiro atoms. The SMILES string of the molecule is COc1ncc(-c2ccc3nccc(-c4ccc(COC(=O)CCCS)nc4)c3c2)cc1N. The maximum Gasteiger partial charge on any atom is 0.306 e. The third-order valence-corrected chi connectivity index (χ3v) is 5.52. The zero-order valence-electron chi connectivity index (χ0n) is 18.2. The molecular weight excluding hydrogens is 436 g/mol. The van der Waals surface area contributed by atoms with Gasteiger partial charge in [0, 0.05) is 41.5 Å². The largest absolute Gasteiger partial charge is 0.480 e. The Hall–Kier alpha value is -3.65. The number of nitrogens with zero attached hydrogens (tertiary/aromatic N) is 3. The van der Waals surface area contributed by atoms with Crippen LogP contribution in [0.3, 0.4) is 0 Å². The number of aromatic nitrogens is 3. The molecule has 0 fully saturated rings. The van der Waals surface area contributed by atoms with Crippen LogP contribution in [0.4, 0.5) is 5.69 Å². The molecule has 7 nitrogen and oxygen atoms in total. The van der Waals surface area contributed by atoms with Crippen LogP contribution in [-0.4, -0.2) is 33.8 Å². The van der Waals surface area contributed by atoms with E-state index in [0.29, 0.717) is 35.9 Å². The van der Waals surface area contributed by atoms with Crippen molar-refractivity contribution < 1.29 is 14.3 Å². The van der Waals surface area contributed by atoms with Gasteiger partial charge in [-0.1, -0.05) is 12.1 Å². The predicted molar refractivity (Wildman–Crippen MR) is 132 cm³/mol. The van der Waals surface area contributed by atoms with Gasteiger partial charge in [0.15, 0.2) is 0 Å². The third kappa shape index (κ3) is 5.23. The average molecular weight is 461 g/mol. The first kappa shape index (κ1) is 22.5. The van der Waals surface area contributed by atoms with Gasteiger partial charge in [0.1, 0.15) is 6.61 Å². The van der Waals surface area contributed by atoms with Crippen molar-refractivity contribution in [3.63, 3.8) is 0 Å². The van der Waals surface area contributed by atoms with E-state index in [2.05, 4.69) is 33.6 Å². The molecule has 1 aromatic carbocycles. The van der Waals surface area contributed by atoms with Gasteiger partial charge in [0.05, 0.1) is 24.0 Å². The van der Waals surface area contributed by atoms with E-state index < -0.39 is 0 Å². The maximum absolute atomic E-state index is 11.7. The lowest BCUT2D eigenvalue weighted by atomic mass is 9.98. The molecule has 0 amide bonds. The molecule has 0 aliphatic heterocycles. The lowest BCUT2D eigenvalue weighted by Crippen LogP contribution is -2.05. The Balaban J connectivity index is 1.61. The summed E-state index contributed by atoms with van der Waals surface area (Å²) in [5.74, 6) is 0.822. The van der Waals surface area contributed by atoms with Crippen molar-refractivity contribution in [1.29, 1.82) is 0 Å². The average Bonchev–Trinajstić information content (AvgIpc) is 2.85. The summed E-state index contributed by atoms with van der Waals surface area (Å²) in [5, 5.41) is 0.983. The quantitative estimate of drug-likeness (QED) is 0.290. The minimum Gasteiger partial charge on any atom is -0.480 e. The Morgan fingerprint density at radius 1 is 1.00 bits per heavy atom. The number of nitrogen functional groups attached to an aromatic ring is 1. The van der Waals surface area contributed by atoms with Gasteiger partial charge in [-0.15, -0.1) is 0 Å². The molecule has 8 heteroatoms. The number of carbonyl (C=O) groups excluding carboxylic acids is 1. The van der Waals surface area contributed by atoms with Crippen LogP contribution in [0.2, 0.25) is 0 Å². The summed E-state index contributed by atoms with van der Waals surface area (Å²) in [5.41, 5.74) is 11.9. The first-order valence-corrected chi connectivity index (χ1v) is 11.1. The smallest absolute Gasteiger partial charge is 0.306 e. The molecule has 0 aliphatic carbocycles. The van der Waals surface area contributed by atoms with Crippen molar-refractivity contribution in [3.05, 3.63) is 66.7 Å². The number of pyridine rings is 3. The standard InChI is InChI=1S/C25H24N4O3S/c1-31-25-22(26)12-18(14-29-25)16-5-7-23-21(11-16)20(8-9-27-23)17-4-6-19(28-13-17)15-32-24(30)3-2-10-33/h4-9,11-14,33H,2-3,10,15,26H2,1H3. The number of anilines is 1. The van der Waals surface area contributed by atoms with Crippen molar-refractivity contribution in [2.24, 2.45) is 0 Å². The summed E-state index contributed by atoms with van der Waals surface area (Å²) in [6.07, 6.45) is 6.36. The van der Waals surface area contributed by atoms with Crippen LogP contribution in [0, 0.1) is 0 Å². The highest BCUT2D eigenvalue weighted by Crippen LogP contribution is 2.32. The van der Waals surface area contributed by atoms with Crippen LogP contribution in [0.15, 0.2) is 61.1 Å². The first-order chi connectivity index (χ1) is 16.1. The molecule has 168 valence electrons. The van der Waals surface area contributed by atoms with Gasteiger partial charge >= 0.3 is 5.97 Å². The van der Waals surface area contributed by atoms with E-state index in [-0.39, 0.29) is 12.6 Å². The molecule has 0 unspecified atom stereocenters. The topological polar surface area (TPSA) is 100 Å². The number of fused-ring (bicyclic) bond motifs is 1. The summed E-state index contributed by atoms with van der Waals surface area (Å²) in [6.45, 7) is 0.152. The van der Waals surface area contributed by atoms with Gasteiger partial charge in [-0.3, -0.25) is 14.8 Å². The second kappa shape index (κ2) is 10.3. The van der Waals surface area contributed by atoms with Gasteiger partial charge in [0.2, 0.25) is 5.88 Å². The van der Waals surface area contributed by atoms with E-state index in [1.165, 1.54) is 0 Å². The molecule has 0 saturated carbocycles. The molecular formula is C25H24N4O3S. The van der Waals surface area contributed by atoms with Crippen molar-refractivity contribution in [1.82, 2.24) is 15.0 Å². The molecule has 3 aromatic heterocycles. The molecule has 0 bridgehead atoms. The molecule has 33 heavy (non-hydrogen) atoms. The fourth-order valence-corrected chi connectivity index (χ4v) is 3.65. The van der Waals surface area contributed by atoms with E-state index in [0.717, 1.165) is 33.2 Å². The molecule has 0 radical (unpaired) electrons. The van der Waals surface area contributed by atoms with E-state index in [1.54, 1.807) is 25.7 Å². The van der Waals surface area contributed by atoms with Gasteiger partial charge in [-0.25, -0.2) is 4.98 Å². The molecule has 0 atom stereocenters. The minimum absolute atomic E-state index is 0.152. The monoisotopic (exact) mass is 460 g/mol. The van der Waals surface area contributed by atoms with E-state index in [4.69, 9.17) is 15.2 Å². The second-order valence-corrected chi connectivity index (χ2v) is 7.89. The minimum atomic E-state index is -0.240. The van der Waals surface area contributed by atoms with Crippen LogP contribution in [0.5, 0.6) is 5.88 Å². The van der Waals surface area contributed by atoms with Crippen LogP contribution in [-0.2, 0) is 16.1 Å². The number of rotatable bonds is 8. The summed E-state index contributed by atoms with van der Waals surface area (Å²) < 4.78 is 10.4. The summed E-state index contributed by atoms with van der Waals surface area (Å²) >= 11 is 4.11. The number of methoxy groups -OCH3 is 1. The van der Waals surface area contributed by atoms with Gasteiger partial charge < -0.3 is 15.2 Å². The Morgan fingerprint density at radius 2 is 1.82 bits per heavy atom. The number of nitrogens with two attached hydrogens (primary N) is 1. The molecule has 3 heterocycles. The maximum atomic E-state index is 11.7. The first-order valence-electron chi connectivity index (χ1n) is 10.5. The number of carbonyl (C=O) groups is 1. The Labute approximate surface area is 197 Å². The predicted octanol–water partition coefficient (Wildman–Crippen LogP) is 4.70. The number of ether oxygens (including phenoxy) is 2. The summed E-state index contributed by atoms with van der Waals surface area (Å²) in [6, 6.07) is 13.7. The highest BCUT2D eigenvalue weighted by Gasteiger charge is 2.10. The fourth-order valence-electron chi connectivity index (χ4n) is 3.49. The Kier molecular flexibility index (Phi) is 7.04. The molecule has 2 N–H and O–H groups in total. The van der Waals surface area contributed by atoms with Crippen molar-refractivity contribution in [2.45, 2.75) is 19.4 Å². The number of thiol groups is 1. The van der Waals surface area contributed by atoms with Crippen molar-refractivity contribution >= 4 is 35.2 Å². The van der Waals surface area contributed by atoms with Gasteiger partial charge in [0.25, 0.3) is 0 Å². The Bertz CT molecular complexity index is 1280. The van der Waals surface area contributed by atoms with Crippen molar-refractivity contribution in [2.75, 3.05) is 18.6 Å². The lowest BCUT2D eigenvalue weighted by Gasteiger charge is -2.10.